The fourth-order valence-corrected chi connectivity index (χ4v) is 3.11. The number of nitrogens with one attached hydrogen (secondary N) is 1. The van der Waals surface area contributed by atoms with Gasteiger partial charge in [-0.1, -0.05) is 28.5 Å². The Balaban J connectivity index is 1.40. The van der Waals surface area contributed by atoms with Crippen LogP contribution in [-0.4, -0.2) is 32.4 Å². The van der Waals surface area contributed by atoms with Crippen molar-refractivity contribution in [3.63, 3.8) is 0 Å². The number of rotatable bonds is 6. The molecular weight excluding hydrogens is 386 g/mol. The maximum Gasteiger partial charge on any atom is 0.257 e. The van der Waals surface area contributed by atoms with Crippen LogP contribution >= 0.6 is 23.4 Å². The molecule has 7 nitrogen and oxygen atoms in total. The summed E-state index contributed by atoms with van der Waals surface area (Å²) in [6.07, 6.45) is 0. The Labute approximate surface area is 164 Å². The second-order valence-corrected chi connectivity index (χ2v) is 6.89. The lowest BCUT2D eigenvalue weighted by molar-refractivity contribution is 0.414. The first kappa shape index (κ1) is 17.6. The van der Waals surface area contributed by atoms with Crippen molar-refractivity contribution in [2.75, 3.05) is 7.11 Å². The van der Waals surface area contributed by atoms with Gasteiger partial charge >= 0.3 is 0 Å². The summed E-state index contributed by atoms with van der Waals surface area (Å²) < 4.78 is 10.5. The van der Waals surface area contributed by atoms with Crippen LogP contribution in [0.3, 0.4) is 0 Å². The summed E-state index contributed by atoms with van der Waals surface area (Å²) in [4.78, 5) is 8.87. The Kier molecular flexibility index (Phi) is 5.08. The zero-order chi connectivity index (χ0) is 18.6. The third-order valence-corrected chi connectivity index (χ3v) is 4.81. The molecule has 0 aliphatic carbocycles. The second kappa shape index (κ2) is 7.81. The Morgan fingerprint density at radius 1 is 1.04 bits per heavy atom. The van der Waals surface area contributed by atoms with Gasteiger partial charge in [0.2, 0.25) is 5.16 Å². The van der Waals surface area contributed by atoms with Crippen LogP contribution in [0.2, 0.25) is 5.02 Å². The van der Waals surface area contributed by atoms with Gasteiger partial charge in [0.15, 0.2) is 11.6 Å². The number of aromatic amines is 1. The second-order valence-electron chi connectivity index (χ2n) is 5.51. The minimum Gasteiger partial charge on any atom is -0.497 e. The molecule has 0 unspecified atom stereocenters. The molecule has 1 N–H and O–H groups in total. The summed E-state index contributed by atoms with van der Waals surface area (Å²) in [5.74, 6) is 2.99. The highest BCUT2D eigenvalue weighted by atomic mass is 35.5. The number of halogens is 1. The number of ether oxygens (including phenoxy) is 1. The monoisotopic (exact) mass is 399 g/mol. The molecule has 2 aromatic heterocycles. The molecule has 0 saturated heterocycles. The van der Waals surface area contributed by atoms with Crippen LogP contribution in [0.1, 0.15) is 5.82 Å². The third-order valence-electron chi connectivity index (χ3n) is 3.72. The first-order valence-corrected chi connectivity index (χ1v) is 9.36. The molecule has 0 amide bonds. The van der Waals surface area contributed by atoms with Crippen LogP contribution in [-0.2, 0) is 5.75 Å². The van der Waals surface area contributed by atoms with Crippen molar-refractivity contribution in [2.24, 2.45) is 0 Å². The van der Waals surface area contributed by atoms with Gasteiger partial charge in [-0.25, -0.2) is 4.98 Å². The molecule has 0 saturated carbocycles. The quantitative estimate of drug-likeness (QED) is 0.478. The number of aromatic nitrogens is 5. The highest BCUT2D eigenvalue weighted by molar-refractivity contribution is 7.98. The van der Waals surface area contributed by atoms with Gasteiger partial charge in [0.25, 0.3) is 5.89 Å². The van der Waals surface area contributed by atoms with E-state index in [-0.39, 0.29) is 0 Å². The van der Waals surface area contributed by atoms with Gasteiger partial charge in [-0.15, -0.1) is 5.10 Å². The predicted molar refractivity (Wildman–Crippen MR) is 103 cm³/mol. The summed E-state index contributed by atoms with van der Waals surface area (Å²) in [6.45, 7) is 0. The summed E-state index contributed by atoms with van der Waals surface area (Å²) in [5.41, 5.74) is 1.75. The molecule has 2 aromatic carbocycles. The molecule has 0 aliphatic heterocycles. The Bertz CT molecular complexity index is 1030. The zero-order valence-electron chi connectivity index (χ0n) is 14.2. The number of nitrogens with zero attached hydrogens (tertiary/aromatic N) is 4. The van der Waals surface area contributed by atoms with Gasteiger partial charge in [0.05, 0.1) is 12.9 Å². The average molecular weight is 400 g/mol. The molecule has 9 heteroatoms. The largest absolute Gasteiger partial charge is 0.497 e. The molecule has 4 rings (SSSR count). The fourth-order valence-electron chi connectivity index (χ4n) is 2.34. The molecular formula is C18H14ClN5O2S. The van der Waals surface area contributed by atoms with Crippen molar-refractivity contribution >= 4 is 23.4 Å². The molecule has 0 radical (unpaired) electrons. The van der Waals surface area contributed by atoms with Crippen molar-refractivity contribution in [1.82, 2.24) is 25.3 Å². The summed E-state index contributed by atoms with van der Waals surface area (Å²) in [7, 11) is 1.62. The van der Waals surface area contributed by atoms with E-state index in [4.69, 9.17) is 20.9 Å². The molecule has 0 atom stereocenters. The standard InChI is InChI=1S/C18H14ClN5O2S/c1-25-14-8-4-12(5-9-14)17-20-15(24-26-17)10-27-18-21-16(22-23-18)11-2-6-13(19)7-3-11/h2-9H,10H2,1H3,(H,21,22,23). The van der Waals surface area contributed by atoms with Gasteiger partial charge in [0.1, 0.15) is 5.75 Å². The zero-order valence-corrected chi connectivity index (χ0v) is 15.8. The Hall–Kier alpha value is -2.84. The minimum atomic E-state index is 0.463. The van der Waals surface area contributed by atoms with Crippen LogP contribution in [0, 0.1) is 0 Å². The molecule has 136 valence electrons. The van der Waals surface area contributed by atoms with Crippen LogP contribution in [0.25, 0.3) is 22.8 Å². The smallest absolute Gasteiger partial charge is 0.257 e. The number of thioether (sulfide) groups is 1. The average Bonchev–Trinajstić information content (AvgIpc) is 3.37. The lowest BCUT2D eigenvalue weighted by Gasteiger charge is -1.98. The van der Waals surface area contributed by atoms with E-state index in [0.717, 1.165) is 16.9 Å². The molecule has 0 spiro atoms. The molecule has 0 bridgehead atoms. The predicted octanol–water partition coefficient (Wildman–Crippen LogP) is 4.48. The van der Waals surface area contributed by atoms with Gasteiger partial charge in [-0.3, -0.25) is 5.10 Å². The Morgan fingerprint density at radius 3 is 2.52 bits per heavy atom. The van der Waals surface area contributed by atoms with Gasteiger partial charge in [-0.05, 0) is 48.5 Å². The lowest BCUT2D eigenvalue weighted by atomic mass is 10.2. The molecule has 4 aromatic rings. The number of H-pyrrole nitrogens is 1. The number of methoxy groups -OCH3 is 1. The van der Waals surface area contributed by atoms with Gasteiger partial charge in [0, 0.05) is 16.1 Å². The third kappa shape index (κ3) is 4.12. The van der Waals surface area contributed by atoms with E-state index in [1.165, 1.54) is 11.8 Å². The Morgan fingerprint density at radius 2 is 1.78 bits per heavy atom. The fraction of sp³-hybridized carbons (Fsp3) is 0.111. The molecule has 27 heavy (non-hydrogen) atoms. The van der Waals surface area contributed by atoms with E-state index in [9.17, 15) is 0 Å². The van der Waals surface area contributed by atoms with Crippen molar-refractivity contribution in [3.8, 4) is 28.6 Å². The molecule has 0 fully saturated rings. The van der Waals surface area contributed by atoms with E-state index in [0.29, 0.717) is 33.5 Å². The first-order valence-electron chi connectivity index (χ1n) is 7.99. The molecule has 0 aliphatic rings. The van der Waals surface area contributed by atoms with Crippen LogP contribution in [0.5, 0.6) is 5.75 Å². The topological polar surface area (TPSA) is 89.7 Å². The number of hydrogen-bond donors (Lipinski definition) is 1. The maximum absolute atomic E-state index is 5.90. The van der Waals surface area contributed by atoms with E-state index in [1.54, 1.807) is 7.11 Å². The highest BCUT2D eigenvalue weighted by Crippen LogP contribution is 2.25. The van der Waals surface area contributed by atoms with Gasteiger partial charge < -0.3 is 9.26 Å². The number of hydrogen-bond acceptors (Lipinski definition) is 7. The van der Waals surface area contributed by atoms with Crippen LogP contribution in [0.4, 0.5) is 0 Å². The van der Waals surface area contributed by atoms with E-state index in [2.05, 4.69) is 25.3 Å². The SMILES string of the molecule is COc1ccc(-c2nc(CSc3n[nH]c(-c4ccc(Cl)cc4)n3)no2)cc1. The molecule has 2 heterocycles. The van der Waals surface area contributed by atoms with E-state index >= 15 is 0 Å². The van der Waals surface area contributed by atoms with Crippen molar-refractivity contribution in [1.29, 1.82) is 0 Å². The van der Waals surface area contributed by atoms with Crippen molar-refractivity contribution < 1.29 is 9.26 Å². The highest BCUT2D eigenvalue weighted by Gasteiger charge is 2.12. The van der Waals surface area contributed by atoms with Crippen LogP contribution < -0.4 is 4.74 Å². The summed E-state index contributed by atoms with van der Waals surface area (Å²) in [5, 5.41) is 12.4. The van der Waals surface area contributed by atoms with Crippen LogP contribution in [0.15, 0.2) is 58.2 Å². The number of benzene rings is 2. The van der Waals surface area contributed by atoms with Crippen molar-refractivity contribution in [3.05, 3.63) is 59.4 Å². The lowest BCUT2D eigenvalue weighted by Crippen LogP contribution is -1.86. The summed E-state index contributed by atoms with van der Waals surface area (Å²) in [6, 6.07) is 14.8. The van der Waals surface area contributed by atoms with Gasteiger partial charge in [-0.2, -0.15) is 4.98 Å². The first-order chi connectivity index (χ1) is 13.2. The van der Waals surface area contributed by atoms with E-state index in [1.807, 2.05) is 48.5 Å². The summed E-state index contributed by atoms with van der Waals surface area (Å²) >= 11 is 7.33. The minimum absolute atomic E-state index is 0.463. The van der Waals surface area contributed by atoms with E-state index < -0.39 is 0 Å². The normalized spacial score (nSPS) is 10.9. The maximum atomic E-state index is 5.90. The van der Waals surface area contributed by atoms with Crippen molar-refractivity contribution in [2.45, 2.75) is 10.9 Å².